The van der Waals surface area contributed by atoms with Gasteiger partial charge < -0.3 is 4.74 Å². The largest absolute Gasteiger partial charge is 0.462 e. The SMILES string of the molecule is CCOC(=O)c1ccccc1C#Cc1cccc2ccccc12. The van der Waals surface area contributed by atoms with Gasteiger partial charge in [-0.15, -0.1) is 0 Å². The average Bonchev–Trinajstić information content (AvgIpc) is 2.60. The Morgan fingerprint density at radius 1 is 0.870 bits per heavy atom. The van der Waals surface area contributed by atoms with Crippen molar-refractivity contribution in [2.45, 2.75) is 6.92 Å². The second kappa shape index (κ2) is 6.81. The Hall–Kier alpha value is -3.05. The first-order valence-electron chi connectivity index (χ1n) is 7.55. The Labute approximate surface area is 135 Å². The van der Waals surface area contributed by atoms with Crippen molar-refractivity contribution in [2.75, 3.05) is 6.61 Å². The van der Waals surface area contributed by atoms with E-state index in [1.54, 1.807) is 13.0 Å². The lowest BCUT2D eigenvalue weighted by atomic mass is 10.0. The summed E-state index contributed by atoms with van der Waals surface area (Å²) in [6, 6.07) is 21.4. The van der Waals surface area contributed by atoms with E-state index in [1.807, 2.05) is 42.5 Å². The number of carbonyl (C=O) groups is 1. The molecule has 0 unspecified atom stereocenters. The fraction of sp³-hybridized carbons (Fsp3) is 0.0952. The summed E-state index contributed by atoms with van der Waals surface area (Å²) in [6.45, 7) is 2.15. The first kappa shape index (κ1) is 14.9. The number of hydrogen-bond acceptors (Lipinski definition) is 2. The molecule has 0 aromatic heterocycles. The maximum atomic E-state index is 12.0. The Morgan fingerprint density at radius 3 is 2.39 bits per heavy atom. The molecule has 0 heterocycles. The number of ether oxygens (including phenoxy) is 1. The lowest BCUT2D eigenvalue weighted by molar-refractivity contribution is 0.0526. The molecule has 2 nitrogen and oxygen atoms in total. The van der Waals surface area contributed by atoms with Crippen LogP contribution in [-0.2, 0) is 4.74 Å². The zero-order chi connectivity index (χ0) is 16.1. The summed E-state index contributed by atoms with van der Waals surface area (Å²) in [7, 11) is 0. The van der Waals surface area contributed by atoms with Crippen molar-refractivity contribution < 1.29 is 9.53 Å². The molecule has 0 radical (unpaired) electrons. The molecule has 3 rings (SSSR count). The second-order valence-corrected chi connectivity index (χ2v) is 5.04. The first-order valence-corrected chi connectivity index (χ1v) is 7.55. The van der Waals surface area contributed by atoms with E-state index in [-0.39, 0.29) is 5.97 Å². The summed E-state index contributed by atoms with van der Waals surface area (Å²) in [5.74, 6) is 5.96. The summed E-state index contributed by atoms with van der Waals surface area (Å²) >= 11 is 0. The lowest BCUT2D eigenvalue weighted by Gasteiger charge is -2.04. The molecule has 0 N–H and O–H groups in total. The van der Waals surface area contributed by atoms with Gasteiger partial charge in [-0.1, -0.05) is 60.4 Å². The third-order valence-corrected chi connectivity index (χ3v) is 3.54. The van der Waals surface area contributed by atoms with E-state index in [0.717, 1.165) is 16.3 Å². The van der Waals surface area contributed by atoms with E-state index in [0.29, 0.717) is 17.7 Å². The second-order valence-electron chi connectivity index (χ2n) is 5.04. The van der Waals surface area contributed by atoms with Gasteiger partial charge in [0.2, 0.25) is 0 Å². The van der Waals surface area contributed by atoms with Crippen molar-refractivity contribution in [2.24, 2.45) is 0 Å². The van der Waals surface area contributed by atoms with Gasteiger partial charge in [-0.05, 0) is 35.9 Å². The third kappa shape index (κ3) is 3.25. The number of rotatable bonds is 2. The molecule has 0 spiro atoms. The van der Waals surface area contributed by atoms with Crippen LogP contribution in [0.4, 0.5) is 0 Å². The molecule has 0 saturated heterocycles. The van der Waals surface area contributed by atoms with E-state index in [9.17, 15) is 4.79 Å². The summed E-state index contributed by atoms with van der Waals surface area (Å²) in [5.41, 5.74) is 2.13. The van der Waals surface area contributed by atoms with E-state index < -0.39 is 0 Å². The van der Waals surface area contributed by atoms with Crippen molar-refractivity contribution in [1.82, 2.24) is 0 Å². The highest BCUT2D eigenvalue weighted by Crippen LogP contribution is 2.18. The van der Waals surface area contributed by atoms with Crippen LogP contribution in [0.15, 0.2) is 66.7 Å². The van der Waals surface area contributed by atoms with Gasteiger partial charge in [0, 0.05) is 11.1 Å². The number of hydrogen-bond donors (Lipinski definition) is 0. The van der Waals surface area contributed by atoms with Crippen molar-refractivity contribution in [3.8, 4) is 11.8 Å². The van der Waals surface area contributed by atoms with Crippen molar-refractivity contribution >= 4 is 16.7 Å². The van der Waals surface area contributed by atoms with E-state index >= 15 is 0 Å². The molecule has 0 aliphatic carbocycles. The smallest absolute Gasteiger partial charge is 0.339 e. The Kier molecular flexibility index (Phi) is 4.40. The summed E-state index contributed by atoms with van der Waals surface area (Å²) < 4.78 is 5.08. The van der Waals surface area contributed by atoms with Crippen LogP contribution < -0.4 is 0 Å². The molecule has 0 saturated carbocycles. The topological polar surface area (TPSA) is 26.3 Å². The quantitative estimate of drug-likeness (QED) is 0.517. The van der Waals surface area contributed by atoms with E-state index in [4.69, 9.17) is 4.74 Å². The van der Waals surface area contributed by atoms with Gasteiger partial charge >= 0.3 is 5.97 Å². The molecule has 0 atom stereocenters. The van der Waals surface area contributed by atoms with Crippen LogP contribution >= 0.6 is 0 Å². The number of carbonyl (C=O) groups excluding carboxylic acids is 1. The maximum absolute atomic E-state index is 12.0. The van der Waals surface area contributed by atoms with Gasteiger partial charge in [0.25, 0.3) is 0 Å². The summed E-state index contributed by atoms with van der Waals surface area (Å²) in [5, 5.41) is 2.26. The van der Waals surface area contributed by atoms with Crippen molar-refractivity contribution in [1.29, 1.82) is 0 Å². The van der Waals surface area contributed by atoms with Crippen LogP contribution in [0, 0.1) is 11.8 Å². The standard InChI is InChI=1S/C21H16O2/c1-2-23-21(22)20-13-6-4-9-18(20)15-14-17-11-7-10-16-8-3-5-12-19(16)17/h3-13H,2H2,1H3. The normalized spacial score (nSPS) is 9.96. The molecular formula is C21H16O2. The van der Waals surface area contributed by atoms with Gasteiger partial charge in [-0.25, -0.2) is 4.79 Å². The molecule has 0 fully saturated rings. The number of esters is 1. The minimum absolute atomic E-state index is 0.338. The minimum atomic E-state index is -0.338. The van der Waals surface area contributed by atoms with E-state index in [2.05, 4.69) is 30.0 Å². The van der Waals surface area contributed by atoms with Crippen LogP contribution in [-0.4, -0.2) is 12.6 Å². The minimum Gasteiger partial charge on any atom is -0.462 e. The molecule has 3 aromatic rings. The van der Waals surface area contributed by atoms with Gasteiger partial charge in [-0.2, -0.15) is 0 Å². The highest BCUT2D eigenvalue weighted by Gasteiger charge is 2.09. The molecule has 0 bridgehead atoms. The highest BCUT2D eigenvalue weighted by atomic mass is 16.5. The lowest BCUT2D eigenvalue weighted by Crippen LogP contribution is -2.06. The Bertz CT molecular complexity index is 908. The van der Waals surface area contributed by atoms with Gasteiger partial charge in [0.15, 0.2) is 0 Å². The number of fused-ring (bicyclic) bond motifs is 1. The molecule has 0 amide bonds. The van der Waals surface area contributed by atoms with Gasteiger partial charge in [0.05, 0.1) is 12.2 Å². The van der Waals surface area contributed by atoms with Crippen LogP contribution in [0.25, 0.3) is 10.8 Å². The number of benzene rings is 3. The van der Waals surface area contributed by atoms with Crippen molar-refractivity contribution in [3.05, 3.63) is 83.4 Å². The molecule has 112 valence electrons. The van der Waals surface area contributed by atoms with Gasteiger partial charge in [-0.3, -0.25) is 0 Å². The average molecular weight is 300 g/mol. The predicted octanol–water partition coefficient (Wildman–Crippen LogP) is 4.42. The monoisotopic (exact) mass is 300 g/mol. The zero-order valence-electron chi connectivity index (χ0n) is 12.9. The maximum Gasteiger partial charge on any atom is 0.339 e. The van der Waals surface area contributed by atoms with Crippen molar-refractivity contribution in [3.63, 3.8) is 0 Å². The first-order chi connectivity index (χ1) is 11.3. The summed E-state index contributed by atoms with van der Waals surface area (Å²) in [6.07, 6.45) is 0. The Morgan fingerprint density at radius 2 is 1.52 bits per heavy atom. The molecule has 0 aliphatic rings. The third-order valence-electron chi connectivity index (χ3n) is 3.54. The fourth-order valence-electron chi connectivity index (χ4n) is 2.45. The van der Waals surface area contributed by atoms with Crippen LogP contribution in [0.5, 0.6) is 0 Å². The van der Waals surface area contributed by atoms with Crippen LogP contribution in [0.3, 0.4) is 0 Å². The van der Waals surface area contributed by atoms with Gasteiger partial charge in [0.1, 0.15) is 0 Å². The molecule has 23 heavy (non-hydrogen) atoms. The molecule has 3 aromatic carbocycles. The van der Waals surface area contributed by atoms with Crippen LogP contribution in [0.2, 0.25) is 0 Å². The highest BCUT2D eigenvalue weighted by molar-refractivity contribution is 5.93. The molecule has 0 aliphatic heterocycles. The fourth-order valence-corrected chi connectivity index (χ4v) is 2.45. The van der Waals surface area contributed by atoms with E-state index in [1.165, 1.54) is 0 Å². The molecular weight excluding hydrogens is 284 g/mol. The molecule has 2 heteroatoms. The zero-order valence-corrected chi connectivity index (χ0v) is 12.9. The Balaban J connectivity index is 2.03. The van der Waals surface area contributed by atoms with Crippen LogP contribution in [0.1, 0.15) is 28.4 Å². The predicted molar refractivity (Wildman–Crippen MR) is 92.3 cm³/mol. The summed E-state index contributed by atoms with van der Waals surface area (Å²) in [4.78, 5) is 12.0.